The maximum Gasteiger partial charge on any atom is 0.253 e. The van der Waals surface area contributed by atoms with Gasteiger partial charge in [-0.25, -0.2) is 9.07 Å². The van der Waals surface area contributed by atoms with Gasteiger partial charge >= 0.3 is 0 Å². The number of carbonyl (C=O) groups is 1. The quantitative estimate of drug-likeness (QED) is 0.331. The van der Waals surface area contributed by atoms with Crippen molar-refractivity contribution in [2.75, 3.05) is 12.3 Å². The van der Waals surface area contributed by atoms with Gasteiger partial charge < -0.3 is 15.4 Å². The number of ether oxygens (including phenoxy) is 1. The first-order valence-electron chi connectivity index (χ1n) is 11.3. The van der Waals surface area contributed by atoms with Crippen LogP contribution in [0.4, 0.5) is 10.1 Å². The van der Waals surface area contributed by atoms with Crippen molar-refractivity contribution in [2.24, 2.45) is 0 Å². The van der Waals surface area contributed by atoms with Gasteiger partial charge in [0.05, 0.1) is 5.69 Å². The highest BCUT2D eigenvalue weighted by Crippen LogP contribution is 2.37. The zero-order valence-electron chi connectivity index (χ0n) is 19.1. The van der Waals surface area contributed by atoms with Crippen LogP contribution in [-0.4, -0.2) is 33.2 Å². The van der Waals surface area contributed by atoms with Crippen LogP contribution in [0.1, 0.15) is 24.4 Å². The van der Waals surface area contributed by atoms with Crippen LogP contribution in [0.2, 0.25) is 0 Å². The Kier molecular flexibility index (Phi) is 6.40. The number of rotatable bonds is 6. The lowest BCUT2D eigenvalue weighted by molar-refractivity contribution is -0.130. The van der Waals surface area contributed by atoms with Crippen molar-refractivity contribution in [1.82, 2.24) is 14.7 Å². The summed E-state index contributed by atoms with van der Waals surface area (Å²) in [5.41, 5.74) is 10.6. The minimum atomic E-state index is -0.664. The molecular weight excluding hydrogens is 511 g/mol. The van der Waals surface area contributed by atoms with Gasteiger partial charge in [-0.15, -0.1) is 0 Å². The Morgan fingerprint density at radius 3 is 2.40 bits per heavy atom. The molecule has 5 rings (SSSR count). The molecule has 1 aliphatic rings. The second kappa shape index (κ2) is 9.64. The Morgan fingerprint density at radius 2 is 1.71 bits per heavy atom. The smallest absolute Gasteiger partial charge is 0.253 e. The highest BCUT2D eigenvalue weighted by atomic mass is 79.9. The molecule has 1 aliphatic heterocycles. The molecule has 0 unspecified atom stereocenters. The molecule has 8 heteroatoms. The molecule has 35 heavy (non-hydrogen) atoms. The minimum Gasteiger partial charge on any atom is -0.399 e. The van der Waals surface area contributed by atoms with Gasteiger partial charge in [0.1, 0.15) is 17.6 Å². The number of nitrogens with zero attached hydrogens (tertiary/aromatic N) is 3. The molecule has 0 bridgehead atoms. The molecule has 2 heterocycles. The number of amides is 1. The zero-order chi connectivity index (χ0) is 24.5. The van der Waals surface area contributed by atoms with Crippen molar-refractivity contribution in [3.8, 4) is 16.8 Å². The van der Waals surface area contributed by atoms with Gasteiger partial charge in [-0.1, -0.05) is 40.2 Å². The van der Waals surface area contributed by atoms with E-state index in [0.717, 1.165) is 26.9 Å². The van der Waals surface area contributed by atoms with Gasteiger partial charge in [0.25, 0.3) is 5.91 Å². The average molecular weight is 535 g/mol. The molecule has 1 aromatic heterocycles. The summed E-state index contributed by atoms with van der Waals surface area (Å²) in [4.78, 5) is 14.8. The van der Waals surface area contributed by atoms with Gasteiger partial charge in [0.15, 0.2) is 6.23 Å². The minimum absolute atomic E-state index is 0.0892. The first-order valence-corrected chi connectivity index (χ1v) is 12.1. The van der Waals surface area contributed by atoms with Crippen molar-refractivity contribution >= 4 is 27.5 Å². The van der Waals surface area contributed by atoms with E-state index in [9.17, 15) is 9.18 Å². The summed E-state index contributed by atoms with van der Waals surface area (Å²) in [7, 11) is 0. The molecule has 2 N–H and O–H groups in total. The Morgan fingerprint density at radius 1 is 1.03 bits per heavy atom. The number of nitrogen functional groups attached to an aromatic ring is 1. The molecule has 178 valence electrons. The topological polar surface area (TPSA) is 73.4 Å². The Hall–Kier alpha value is -3.49. The monoisotopic (exact) mass is 534 g/mol. The molecule has 0 aliphatic carbocycles. The van der Waals surface area contributed by atoms with Crippen molar-refractivity contribution in [3.05, 3.63) is 101 Å². The number of hydrogen-bond donors (Lipinski definition) is 1. The SMILES string of the molecule is C[C@@H]1O[C@H](c2nn(-c3ccc(Br)cc3)cc2-c2ccc(F)cc2)N(CCc2ccc(N)cc2)C1=O. The number of aromatic nitrogens is 2. The second-order valence-corrected chi connectivity index (χ2v) is 9.43. The maximum atomic E-state index is 13.7. The average Bonchev–Trinajstić information content (AvgIpc) is 3.41. The van der Waals surface area contributed by atoms with E-state index in [-0.39, 0.29) is 11.7 Å². The van der Waals surface area contributed by atoms with E-state index in [4.69, 9.17) is 15.6 Å². The van der Waals surface area contributed by atoms with Gasteiger partial charge in [-0.05, 0) is 73.0 Å². The lowest BCUT2D eigenvalue weighted by Gasteiger charge is -2.23. The fourth-order valence-electron chi connectivity index (χ4n) is 4.20. The summed E-state index contributed by atoms with van der Waals surface area (Å²) in [5.74, 6) is -0.407. The number of benzene rings is 3. The Balaban J connectivity index is 1.53. The van der Waals surface area contributed by atoms with Crippen LogP contribution in [-0.2, 0) is 16.0 Å². The van der Waals surface area contributed by atoms with Crippen LogP contribution in [0.25, 0.3) is 16.8 Å². The first kappa shape index (κ1) is 23.3. The predicted molar refractivity (Wildman–Crippen MR) is 136 cm³/mol. The molecule has 1 fully saturated rings. The number of anilines is 1. The standard InChI is InChI=1S/C27H24BrFN4O2/c1-17-26(34)32(15-14-18-2-10-22(30)11-3-18)27(35-17)25-24(19-4-8-21(29)9-5-19)16-33(31-25)23-12-6-20(28)7-13-23/h2-13,16-17,27H,14-15,30H2,1H3/t17-,27+/m0/s1. The second-order valence-electron chi connectivity index (χ2n) is 8.51. The van der Waals surface area contributed by atoms with Gasteiger partial charge in [-0.3, -0.25) is 4.79 Å². The van der Waals surface area contributed by atoms with Crippen molar-refractivity contribution in [2.45, 2.75) is 25.7 Å². The van der Waals surface area contributed by atoms with Crippen LogP contribution >= 0.6 is 15.9 Å². The van der Waals surface area contributed by atoms with Gasteiger partial charge in [0.2, 0.25) is 0 Å². The van der Waals surface area contributed by atoms with Crippen LogP contribution in [0.15, 0.2) is 83.5 Å². The van der Waals surface area contributed by atoms with Crippen molar-refractivity contribution < 1.29 is 13.9 Å². The molecular formula is C27H24BrFN4O2. The predicted octanol–water partition coefficient (Wildman–Crippen LogP) is 5.51. The van der Waals surface area contributed by atoms with E-state index in [1.165, 1.54) is 12.1 Å². The number of nitrogens with two attached hydrogens (primary N) is 1. The lowest BCUT2D eigenvalue weighted by atomic mass is 10.1. The third-order valence-corrected chi connectivity index (χ3v) is 6.62. The van der Waals surface area contributed by atoms with E-state index in [0.29, 0.717) is 24.3 Å². The molecule has 0 radical (unpaired) electrons. The lowest BCUT2D eigenvalue weighted by Crippen LogP contribution is -2.32. The first-order chi connectivity index (χ1) is 16.9. The van der Waals surface area contributed by atoms with E-state index in [1.54, 1.807) is 28.6 Å². The fourth-order valence-corrected chi connectivity index (χ4v) is 4.46. The highest BCUT2D eigenvalue weighted by molar-refractivity contribution is 9.10. The van der Waals surface area contributed by atoms with Crippen LogP contribution < -0.4 is 5.73 Å². The summed E-state index contributed by atoms with van der Waals surface area (Å²) in [6.07, 6.45) is 1.28. The van der Waals surface area contributed by atoms with E-state index in [1.807, 2.05) is 54.7 Å². The Labute approximate surface area is 211 Å². The summed E-state index contributed by atoms with van der Waals surface area (Å²) < 4.78 is 22.5. The van der Waals surface area contributed by atoms with Crippen molar-refractivity contribution in [3.63, 3.8) is 0 Å². The molecule has 0 spiro atoms. The van der Waals surface area contributed by atoms with E-state index in [2.05, 4.69) is 15.9 Å². The molecule has 0 saturated carbocycles. The van der Waals surface area contributed by atoms with Gasteiger partial charge in [-0.2, -0.15) is 5.10 Å². The molecule has 1 saturated heterocycles. The van der Waals surface area contributed by atoms with Crippen molar-refractivity contribution in [1.29, 1.82) is 0 Å². The maximum absolute atomic E-state index is 13.7. The third-order valence-electron chi connectivity index (χ3n) is 6.09. The molecule has 3 aromatic carbocycles. The number of halogens is 2. The number of carbonyl (C=O) groups excluding carboxylic acids is 1. The molecule has 4 aromatic rings. The molecule has 2 atom stereocenters. The van der Waals surface area contributed by atoms with Crippen LogP contribution in [0, 0.1) is 5.82 Å². The summed E-state index contributed by atoms with van der Waals surface area (Å²) in [6, 6.07) is 21.6. The fraction of sp³-hybridized carbons (Fsp3) is 0.185. The largest absolute Gasteiger partial charge is 0.399 e. The van der Waals surface area contributed by atoms with E-state index >= 15 is 0 Å². The van der Waals surface area contributed by atoms with E-state index < -0.39 is 12.3 Å². The third kappa shape index (κ3) is 4.85. The Bertz CT molecular complexity index is 1340. The zero-order valence-corrected chi connectivity index (χ0v) is 20.7. The summed E-state index contributed by atoms with van der Waals surface area (Å²) in [5, 5.41) is 4.85. The molecule has 1 amide bonds. The summed E-state index contributed by atoms with van der Waals surface area (Å²) >= 11 is 3.46. The summed E-state index contributed by atoms with van der Waals surface area (Å²) in [6.45, 7) is 2.22. The van der Waals surface area contributed by atoms with Crippen LogP contribution in [0.5, 0.6) is 0 Å². The van der Waals surface area contributed by atoms with Crippen LogP contribution in [0.3, 0.4) is 0 Å². The highest BCUT2D eigenvalue weighted by Gasteiger charge is 2.41. The number of hydrogen-bond acceptors (Lipinski definition) is 4. The normalized spacial score (nSPS) is 17.8. The molecule has 6 nitrogen and oxygen atoms in total. The van der Waals surface area contributed by atoms with Gasteiger partial charge in [0, 0.05) is 28.5 Å².